The number of rotatable bonds is 5. The van der Waals surface area contributed by atoms with Gasteiger partial charge in [0.2, 0.25) is 0 Å². The maximum Gasteiger partial charge on any atom is 0.261 e. The number of nitrogens with two attached hydrogens (primary N) is 1. The molecule has 0 radical (unpaired) electrons. The lowest BCUT2D eigenvalue weighted by atomic mass is 10.1. The number of hydrogen-bond donors (Lipinski definition) is 3. The number of carbonyl (C=O) groups is 2. The number of nitrogens with one attached hydrogen (secondary N) is 2. The van der Waals surface area contributed by atoms with Crippen molar-refractivity contribution in [2.75, 3.05) is 11.9 Å². The van der Waals surface area contributed by atoms with Gasteiger partial charge in [-0.3, -0.25) is 14.9 Å². The fourth-order valence-electron chi connectivity index (χ4n) is 2.25. The average Bonchev–Trinajstić information content (AvgIpc) is 2.82. The van der Waals surface area contributed by atoms with E-state index < -0.39 is 11.8 Å². The molecule has 0 spiro atoms. The van der Waals surface area contributed by atoms with Gasteiger partial charge in [-0.15, -0.1) is 11.3 Å². The van der Waals surface area contributed by atoms with Gasteiger partial charge in [0.25, 0.3) is 11.8 Å². The number of ether oxygens (including phenoxy) is 1. The number of primary amides is 1. The van der Waals surface area contributed by atoms with Crippen LogP contribution in [-0.2, 0) is 0 Å². The number of amides is 2. The summed E-state index contributed by atoms with van der Waals surface area (Å²) in [7, 11) is 0. The van der Waals surface area contributed by atoms with Crippen molar-refractivity contribution in [3.63, 3.8) is 0 Å². The molecule has 0 aliphatic rings. The number of thiocarbonyl (C=S) groups is 1. The molecular weight excluding hydrogens is 358 g/mol. The number of para-hydroxylation sites is 1. The molecule has 0 saturated heterocycles. The number of carbonyl (C=O) groups excluding carboxylic acids is 2. The van der Waals surface area contributed by atoms with Gasteiger partial charge in [0.15, 0.2) is 5.11 Å². The minimum absolute atomic E-state index is 0.0834. The zero-order valence-electron chi connectivity index (χ0n) is 14.1. The Kier molecular flexibility index (Phi) is 6.11. The second-order valence-electron chi connectivity index (χ2n) is 5.19. The highest BCUT2D eigenvalue weighted by Gasteiger charge is 2.19. The second-order valence-corrected chi connectivity index (χ2v) is 6.82. The molecule has 0 aliphatic carbocycles. The number of thiophene rings is 1. The highest BCUT2D eigenvalue weighted by Crippen LogP contribution is 2.32. The lowest BCUT2D eigenvalue weighted by Crippen LogP contribution is -2.34. The summed E-state index contributed by atoms with van der Waals surface area (Å²) in [5.41, 5.74) is 6.99. The van der Waals surface area contributed by atoms with Gasteiger partial charge < -0.3 is 15.8 Å². The largest absolute Gasteiger partial charge is 0.493 e. The highest BCUT2D eigenvalue weighted by atomic mass is 32.1. The lowest BCUT2D eigenvalue weighted by molar-refractivity contribution is 0.0972. The summed E-state index contributed by atoms with van der Waals surface area (Å²) < 4.78 is 5.44. The van der Waals surface area contributed by atoms with Crippen LogP contribution in [0.2, 0.25) is 0 Å². The van der Waals surface area contributed by atoms with Gasteiger partial charge in [0, 0.05) is 4.88 Å². The van der Waals surface area contributed by atoms with Crippen LogP contribution in [0.4, 0.5) is 5.00 Å². The number of aryl methyl sites for hydroxylation is 1. The Morgan fingerprint density at radius 1 is 1.28 bits per heavy atom. The summed E-state index contributed by atoms with van der Waals surface area (Å²) in [4.78, 5) is 25.0. The Morgan fingerprint density at radius 2 is 1.96 bits per heavy atom. The molecule has 2 rings (SSSR count). The van der Waals surface area contributed by atoms with E-state index in [-0.39, 0.29) is 5.11 Å². The van der Waals surface area contributed by atoms with Crippen LogP contribution in [0.3, 0.4) is 0 Å². The molecule has 25 heavy (non-hydrogen) atoms. The van der Waals surface area contributed by atoms with Crippen molar-refractivity contribution in [2.24, 2.45) is 5.73 Å². The topological polar surface area (TPSA) is 93.4 Å². The van der Waals surface area contributed by atoms with Crippen LogP contribution in [0.5, 0.6) is 5.75 Å². The molecule has 2 aromatic rings. The summed E-state index contributed by atoms with van der Waals surface area (Å²) in [6, 6.07) is 6.89. The first-order chi connectivity index (χ1) is 11.8. The zero-order chi connectivity index (χ0) is 18.6. The smallest absolute Gasteiger partial charge is 0.261 e. The van der Waals surface area contributed by atoms with Gasteiger partial charge >= 0.3 is 0 Å². The summed E-state index contributed by atoms with van der Waals surface area (Å²) in [5.74, 6) is -0.460. The van der Waals surface area contributed by atoms with Crippen LogP contribution in [0.1, 0.15) is 38.1 Å². The van der Waals surface area contributed by atoms with Gasteiger partial charge in [0.05, 0.1) is 17.7 Å². The quantitative estimate of drug-likeness (QED) is 0.697. The third-order valence-electron chi connectivity index (χ3n) is 3.52. The van der Waals surface area contributed by atoms with E-state index in [1.54, 1.807) is 24.3 Å². The number of hydrogen-bond acceptors (Lipinski definition) is 5. The third kappa shape index (κ3) is 4.34. The molecule has 1 aromatic heterocycles. The van der Waals surface area contributed by atoms with Gasteiger partial charge in [-0.25, -0.2) is 0 Å². The molecular formula is C17H19N3O3S2. The van der Waals surface area contributed by atoms with Crippen LogP contribution in [-0.4, -0.2) is 23.5 Å². The summed E-state index contributed by atoms with van der Waals surface area (Å²) in [6.45, 7) is 5.99. The van der Waals surface area contributed by atoms with Crippen LogP contribution in [0.25, 0.3) is 0 Å². The second kappa shape index (κ2) is 8.09. The van der Waals surface area contributed by atoms with Crippen molar-refractivity contribution >= 4 is 45.5 Å². The van der Waals surface area contributed by atoms with Crippen molar-refractivity contribution in [1.82, 2.24) is 5.32 Å². The maximum absolute atomic E-state index is 12.4. The highest BCUT2D eigenvalue weighted by molar-refractivity contribution is 7.80. The average molecular weight is 377 g/mol. The van der Waals surface area contributed by atoms with Crippen LogP contribution < -0.4 is 21.1 Å². The molecule has 0 aliphatic heterocycles. The van der Waals surface area contributed by atoms with Crippen LogP contribution in [0.15, 0.2) is 24.3 Å². The van der Waals surface area contributed by atoms with E-state index in [4.69, 9.17) is 22.7 Å². The van der Waals surface area contributed by atoms with Crippen molar-refractivity contribution < 1.29 is 14.3 Å². The standard InChI is InChI=1S/C17H19N3O3S2/c1-4-23-12-8-6-5-7-11(12)15(22)19-17(24)20-16-13(14(18)21)9(2)10(3)25-16/h5-8H,4H2,1-3H3,(H2,18,21)(H2,19,20,22,24). The number of anilines is 1. The van der Waals surface area contributed by atoms with E-state index in [0.29, 0.717) is 28.5 Å². The van der Waals surface area contributed by atoms with Crippen molar-refractivity contribution in [1.29, 1.82) is 0 Å². The molecule has 0 unspecified atom stereocenters. The van der Waals surface area contributed by atoms with Gasteiger partial charge in [-0.1, -0.05) is 12.1 Å². The van der Waals surface area contributed by atoms with E-state index >= 15 is 0 Å². The Morgan fingerprint density at radius 3 is 2.60 bits per heavy atom. The van der Waals surface area contributed by atoms with E-state index in [1.165, 1.54) is 11.3 Å². The molecule has 0 saturated carbocycles. The first-order valence-corrected chi connectivity index (χ1v) is 8.81. The SMILES string of the molecule is CCOc1ccccc1C(=O)NC(=S)Nc1sc(C)c(C)c1C(N)=O. The van der Waals surface area contributed by atoms with Gasteiger partial charge in [-0.2, -0.15) is 0 Å². The first kappa shape index (κ1) is 18.9. The predicted molar refractivity (Wildman–Crippen MR) is 104 cm³/mol. The predicted octanol–water partition coefficient (Wildman–Crippen LogP) is 2.99. The Balaban J connectivity index is 2.15. The summed E-state index contributed by atoms with van der Waals surface area (Å²) >= 11 is 6.55. The van der Waals surface area contributed by atoms with E-state index in [2.05, 4.69) is 10.6 Å². The molecule has 0 bridgehead atoms. The normalized spacial score (nSPS) is 10.2. The lowest BCUT2D eigenvalue weighted by Gasteiger charge is -2.12. The monoisotopic (exact) mass is 377 g/mol. The van der Waals surface area contributed by atoms with E-state index in [9.17, 15) is 9.59 Å². The Bertz CT molecular complexity index is 831. The van der Waals surface area contributed by atoms with Crippen molar-refractivity contribution in [3.05, 3.63) is 45.8 Å². The molecule has 4 N–H and O–H groups in total. The molecule has 1 aromatic carbocycles. The Labute approximate surface area is 155 Å². The van der Waals surface area contributed by atoms with Gasteiger partial charge in [-0.05, 0) is 50.7 Å². The van der Waals surface area contributed by atoms with E-state index in [0.717, 1.165) is 10.4 Å². The Hall–Kier alpha value is -2.45. The molecule has 8 heteroatoms. The summed E-state index contributed by atoms with van der Waals surface area (Å²) in [6.07, 6.45) is 0. The minimum atomic E-state index is -0.542. The van der Waals surface area contributed by atoms with Crippen LogP contribution in [0, 0.1) is 13.8 Å². The molecule has 0 fully saturated rings. The zero-order valence-corrected chi connectivity index (χ0v) is 15.8. The first-order valence-electron chi connectivity index (χ1n) is 7.59. The van der Waals surface area contributed by atoms with E-state index in [1.807, 2.05) is 20.8 Å². The molecule has 6 nitrogen and oxygen atoms in total. The fourth-order valence-corrected chi connectivity index (χ4v) is 3.58. The van der Waals surface area contributed by atoms with Crippen molar-refractivity contribution in [3.8, 4) is 5.75 Å². The third-order valence-corrected chi connectivity index (χ3v) is 4.84. The summed E-state index contributed by atoms with van der Waals surface area (Å²) in [5, 5.41) is 6.08. The molecule has 1 heterocycles. The molecule has 2 amide bonds. The fraction of sp³-hybridized carbons (Fsp3) is 0.235. The maximum atomic E-state index is 12.4. The van der Waals surface area contributed by atoms with Crippen LogP contribution >= 0.6 is 23.6 Å². The van der Waals surface area contributed by atoms with Crippen molar-refractivity contribution in [2.45, 2.75) is 20.8 Å². The number of benzene rings is 1. The minimum Gasteiger partial charge on any atom is -0.493 e. The van der Waals surface area contributed by atoms with Gasteiger partial charge in [0.1, 0.15) is 10.8 Å². The molecule has 132 valence electrons. The molecule has 0 atom stereocenters.